The summed E-state index contributed by atoms with van der Waals surface area (Å²) in [6.07, 6.45) is 3.04. The van der Waals surface area contributed by atoms with Crippen LogP contribution in [0.15, 0.2) is 65.6 Å². The van der Waals surface area contributed by atoms with Crippen molar-refractivity contribution in [3.63, 3.8) is 0 Å². The van der Waals surface area contributed by atoms with Gasteiger partial charge in [-0.15, -0.1) is 0 Å². The first kappa shape index (κ1) is 15.5. The summed E-state index contributed by atoms with van der Waals surface area (Å²) in [6, 6.07) is 11.1. The maximum absolute atomic E-state index is 14.2. The van der Waals surface area contributed by atoms with E-state index in [0.29, 0.717) is 5.56 Å². The fraction of sp³-hybridized carbons (Fsp3) is 0. The molecular weight excluding hydrogens is 340 g/mol. The molecular formula is C19H11F2N3S. The number of pyridine rings is 1. The van der Waals surface area contributed by atoms with Gasteiger partial charge in [0.15, 0.2) is 0 Å². The van der Waals surface area contributed by atoms with Crippen molar-refractivity contribution in [1.29, 1.82) is 0 Å². The van der Waals surface area contributed by atoms with E-state index in [9.17, 15) is 8.78 Å². The number of benzene rings is 1. The molecule has 122 valence electrons. The van der Waals surface area contributed by atoms with Gasteiger partial charge in [-0.1, -0.05) is 6.07 Å². The molecule has 0 aliphatic heterocycles. The first-order valence-corrected chi connectivity index (χ1v) is 8.43. The summed E-state index contributed by atoms with van der Waals surface area (Å²) in [7, 11) is 0. The smallest absolute Gasteiger partial charge is 0.149 e. The van der Waals surface area contributed by atoms with Crippen LogP contribution >= 0.6 is 11.3 Å². The Morgan fingerprint density at radius 1 is 0.880 bits per heavy atom. The Balaban J connectivity index is 1.81. The number of hydrogen-bond acceptors (Lipinski definition) is 4. The minimum atomic E-state index is -0.564. The highest BCUT2D eigenvalue weighted by molar-refractivity contribution is 7.08. The number of halogens is 2. The molecule has 25 heavy (non-hydrogen) atoms. The van der Waals surface area contributed by atoms with Crippen LogP contribution in [0.25, 0.3) is 33.6 Å². The van der Waals surface area contributed by atoms with Gasteiger partial charge in [-0.05, 0) is 47.3 Å². The lowest BCUT2D eigenvalue weighted by Gasteiger charge is -2.08. The van der Waals surface area contributed by atoms with Crippen LogP contribution in [0.4, 0.5) is 8.78 Å². The summed E-state index contributed by atoms with van der Waals surface area (Å²) >= 11 is 1.57. The van der Waals surface area contributed by atoms with Crippen molar-refractivity contribution in [1.82, 2.24) is 15.2 Å². The van der Waals surface area contributed by atoms with Gasteiger partial charge >= 0.3 is 0 Å². The predicted octanol–water partition coefficient (Wildman–Crippen LogP) is 5.21. The third-order valence-electron chi connectivity index (χ3n) is 3.78. The van der Waals surface area contributed by atoms with Crippen LogP contribution in [-0.4, -0.2) is 15.2 Å². The molecule has 4 aromatic rings. The van der Waals surface area contributed by atoms with Gasteiger partial charge in [-0.2, -0.15) is 21.5 Å². The maximum Gasteiger partial charge on any atom is 0.149 e. The molecule has 3 aromatic heterocycles. The fourth-order valence-corrected chi connectivity index (χ4v) is 3.20. The highest BCUT2D eigenvalue weighted by atomic mass is 32.1. The summed E-state index contributed by atoms with van der Waals surface area (Å²) in [5.74, 6) is -1.09. The fourth-order valence-electron chi connectivity index (χ4n) is 2.55. The van der Waals surface area contributed by atoms with E-state index in [0.717, 1.165) is 16.8 Å². The monoisotopic (exact) mass is 351 g/mol. The minimum absolute atomic E-state index is 0.0121. The Labute approximate surface area is 146 Å². The molecule has 0 unspecified atom stereocenters. The zero-order valence-electron chi connectivity index (χ0n) is 12.9. The molecule has 0 saturated heterocycles. The SMILES string of the molecule is Fc1ccc(-c2cnnc(-c3ccsc3)c2)cc1-c1ncccc1F. The van der Waals surface area contributed by atoms with Crippen molar-refractivity contribution < 1.29 is 8.78 Å². The van der Waals surface area contributed by atoms with Gasteiger partial charge < -0.3 is 0 Å². The third kappa shape index (κ3) is 3.04. The number of aromatic nitrogens is 3. The van der Waals surface area contributed by atoms with Gasteiger partial charge in [0.1, 0.15) is 17.3 Å². The first-order valence-electron chi connectivity index (χ1n) is 7.48. The number of thiophene rings is 1. The molecule has 4 rings (SSSR count). The summed E-state index contributed by atoms with van der Waals surface area (Å²) < 4.78 is 28.2. The second kappa shape index (κ2) is 6.49. The second-order valence-electron chi connectivity index (χ2n) is 5.37. The average molecular weight is 351 g/mol. The molecule has 6 heteroatoms. The van der Waals surface area contributed by atoms with Gasteiger partial charge in [0.2, 0.25) is 0 Å². The Bertz CT molecular complexity index is 1030. The van der Waals surface area contributed by atoms with E-state index in [1.165, 1.54) is 24.4 Å². The number of rotatable bonds is 3. The van der Waals surface area contributed by atoms with E-state index in [1.54, 1.807) is 29.7 Å². The van der Waals surface area contributed by atoms with E-state index in [4.69, 9.17) is 0 Å². The van der Waals surface area contributed by atoms with Crippen LogP contribution < -0.4 is 0 Å². The quantitative estimate of drug-likeness (QED) is 0.508. The van der Waals surface area contributed by atoms with Crippen molar-refractivity contribution in [2.75, 3.05) is 0 Å². The van der Waals surface area contributed by atoms with Crippen LogP contribution in [0, 0.1) is 11.6 Å². The molecule has 3 nitrogen and oxygen atoms in total. The largest absolute Gasteiger partial charge is 0.253 e. The van der Waals surface area contributed by atoms with E-state index in [-0.39, 0.29) is 11.3 Å². The summed E-state index contributed by atoms with van der Waals surface area (Å²) in [6.45, 7) is 0. The molecule has 0 spiro atoms. The van der Waals surface area contributed by atoms with Crippen molar-refractivity contribution in [2.24, 2.45) is 0 Å². The summed E-state index contributed by atoms with van der Waals surface area (Å²) in [4.78, 5) is 3.96. The second-order valence-corrected chi connectivity index (χ2v) is 6.15. The Morgan fingerprint density at radius 2 is 1.80 bits per heavy atom. The number of hydrogen-bond donors (Lipinski definition) is 0. The first-order chi connectivity index (χ1) is 12.2. The molecule has 0 bridgehead atoms. The highest BCUT2D eigenvalue weighted by Crippen LogP contribution is 2.30. The molecule has 0 fully saturated rings. The Hall–Kier alpha value is -2.99. The molecule has 0 aliphatic carbocycles. The zero-order chi connectivity index (χ0) is 17.2. The average Bonchev–Trinajstić information content (AvgIpc) is 3.18. The highest BCUT2D eigenvalue weighted by Gasteiger charge is 2.13. The molecule has 1 aromatic carbocycles. The molecule has 0 amide bonds. The lowest BCUT2D eigenvalue weighted by Crippen LogP contribution is -1.94. The lowest BCUT2D eigenvalue weighted by molar-refractivity contribution is 0.611. The van der Waals surface area contributed by atoms with E-state index < -0.39 is 11.6 Å². The standard InChI is InChI=1S/C19H11F2N3S/c20-16-4-3-12(8-15(16)19-17(21)2-1-6-22-19)14-9-18(24-23-10-14)13-5-7-25-11-13/h1-11H. The molecule has 0 N–H and O–H groups in total. The Morgan fingerprint density at radius 3 is 2.60 bits per heavy atom. The van der Waals surface area contributed by atoms with Crippen LogP contribution in [0.1, 0.15) is 0 Å². The van der Waals surface area contributed by atoms with Gasteiger partial charge in [-0.3, -0.25) is 4.98 Å². The molecule has 0 radical (unpaired) electrons. The topological polar surface area (TPSA) is 38.7 Å². The van der Waals surface area contributed by atoms with Crippen molar-refractivity contribution >= 4 is 11.3 Å². The van der Waals surface area contributed by atoms with Gasteiger partial charge in [-0.25, -0.2) is 8.78 Å². The zero-order valence-corrected chi connectivity index (χ0v) is 13.7. The maximum atomic E-state index is 14.2. The lowest BCUT2D eigenvalue weighted by atomic mass is 10.0. The van der Waals surface area contributed by atoms with Crippen molar-refractivity contribution in [3.05, 3.63) is 77.3 Å². The minimum Gasteiger partial charge on any atom is -0.253 e. The van der Waals surface area contributed by atoms with E-state index in [1.807, 2.05) is 22.9 Å². The van der Waals surface area contributed by atoms with E-state index in [2.05, 4.69) is 15.2 Å². The van der Waals surface area contributed by atoms with Gasteiger partial charge in [0.25, 0.3) is 0 Å². The van der Waals surface area contributed by atoms with Crippen LogP contribution in [0.2, 0.25) is 0 Å². The van der Waals surface area contributed by atoms with Crippen LogP contribution in [0.3, 0.4) is 0 Å². The van der Waals surface area contributed by atoms with E-state index >= 15 is 0 Å². The molecule has 3 heterocycles. The predicted molar refractivity (Wildman–Crippen MR) is 93.9 cm³/mol. The number of nitrogens with zero attached hydrogens (tertiary/aromatic N) is 3. The van der Waals surface area contributed by atoms with Gasteiger partial charge in [0.05, 0.1) is 11.9 Å². The Kier molecular flexibility index (Phi) is 4.03. The molecule has 0 atom stereocenters. The van der Waals surface area contributed by atoms with Gasteiger partial charge in [0, 0.05) is 28.3 Å². The van der Waals surface area contributed by atoms with Crippen molar-refractivity contribution in [2.45, 2.75) is 0 Å². The normalized spacial score (nSPS) is 10.8. The van der Waals surface area contributed by atoms with Crippen molar-refractivity contribution in [3.8, 4) is 33.6 Å². The van der Waals surface area contributed by atoms with Crippen LogP contribution in [-0.2, 0) is 0 Å². The third-order valence-corrected chi connectivity index (χ3v) is 4.47. The van der Waals surface area contributed by atoms with Crippen LogP contribution in [0.5, 0.6) is 0 Å². The molecule has 0 aliphatic rings. The summed E-state index contributed by atoms with van der Waals surface area (Å²) in [5, 5.41) is 12.1. The molecule has 0 saturated carbocycles. The summed E-state index contributed by atoms with van der Waals surface area (Å²) in [5.41, 5.74) is 3.29.